The highest BCUT2D eigenvalue weighted by Crippen LogP contribution is 2.29. The molecule has 26 heavy (non-hydrogen) atoms. The molecule has 1 aliphatic rings. The number of hydrogen-bond donors (Lipinski definition) is 2. The fraction of sp³-hybridized carbons (Fsp3) is 0.600. The molecule has 0 unspecified atom stereocenters. The Morgan fingerprint density at radius 2 is 1.73 bits per heavy atom. The van der Waals surface area contributed by atoms with Gasteiger partial charge in [0.05, 0.1) is 25.7 Å². The largest absolute Gasteiger partial charge is 0.481 e. The number of aliphatic carboxylic acids is 1. The van der Waals surface area contributed by atoms with Crippen LogP contribution >= 0.6 is 0 Å². The monoisotopic (exact) mass is 363 g/mol. The molecule has 0 saturated heterocycles. The van der Waals surface area contributed by atoms with Crippen molar-refractivity contribution in [2.24, 2.45) is 11.8 Å². The molecule has 1 fully saturated rings. The third-order valence-corrected chi connectivity index (χ3v) is 4.75. The van der Waals surface area contributed by atoms with Crippen LogP contribution < -0.4 is 5.32 Å². The lowest BCUT2D eigenvalue weighted by molar-refractivity contribution is -0.144. The van der Waals surface area contributed by atoms with Crippen LogP contribution in [0.4, 0.5) is 0 Å². The Balaban J connectivity index is 1.72. The molecule has 0 aliphatic heterocycles. The summed E-state index contributed by atoms with van der Waals surface area (Å²) in [4.78, 5) is 23.3. The van der Waals surface area contributed by atoms with Gasteiger partial charge < -0.3 is 19.9 Å². The van der Waals surface area contributed by atoms with Gasteiger partial charge in [0.2, 0.25) is 5.91 Å². The predicted molar refractivity (Wildman–Crippen MR) is 97.5 cm³/mol. The first-order valence-corrected chi connectivity index (χ1v) is 9.34. The van der Waals surface area contributed by atoms with Gasteiger partial charge in [0.1, 0.15) is 0 Å². The Bertz CT molecular complexity index is 581. The van der Waals surface area contributed by atoms with Crippen LogP contribution in [-0.2, 0) is 32.2 Å². The number of benzene rings is 1. The third kappa shape index (κ3) is 6.77. The molecular formula is C20H29NO5. The van der Waals surface area contributed by atoms with Crippen LogP contribution in [0.2, 0.25) is 0 Å². The van der Waals surface area contributed by atoms with Crippen LogP contribution in [0.5, 0.6) is 0 Å². The topological polar surface area (TPSA) is 84.9 Å². The summed E-state index contributed by atoms with van der Waals surface area (Å²) in [5.41, 5.74) is 2.10. The summed E-state index contributed by atoms with van der Waals surface area (Å²) in [5.74, 6) is -1.09. The normalized spacial score (nSPS) is 19.9. The minimum atomic E-state index is -0.746. The highest BCUT2D eigenvalue weighted by molar-refractivity contribution is 5.79. The minimum absolute atomic E-state index is 0.0206. The maximum absolute atomic E-state index is 12.3. The summed E-state index contributed by atoms with van der Waals surface area (Å²) >= 11 is 0. The fourth-order valence-electron chi connectivity index (χ4n) is 3.22. The number of amides is 1. The SMILES string of the molecule is CCOCCOCc1cccc(CNC(=O)C2CCC(C(=O)O)CC2)c1. The van der Waals surface area contributed by atoms with Crippen molar-refractivity contribution in [3.05, 3.63) is 35.4 Å². The summed E-state index contributed by atoms with van der Waals surface area (Å²) in [6.07, 6.45) is 2.47. The van der Waals surface area contributed by atoms with Crippen molar-refractivity contribution in [3.63, 3.8) is 0 Å². The highest BCUT2D eigenvalue weighted by atomic mass is 16.5. The van der Waals surface area contributed by atoms with E-state index in [9.17, 15) is 9.59 Å². The van der Waals surface area contributed by atoms with Crippen LogP contribution in [-0.4, -0.2) is 36.8 Å². The van der Waals surface area contributed by atoms with E-state index in [0.717, 1.165) is 11.1 Å². The van der Waals surface area contributed by atoms with Gasteiger partial charge in [-0.25, -0.2) is 0 Å². The van der Waals surface area contributed by atoms with Gasteiger partial charge >= 0.3 is 5.97 Å². The van der Waals surface area contributed by atoms with E-state index in [-0.39, 0.29) is 17.7 Å². The molecule has 144 valence electrons. The zero-order valence-electron chi connectivity index (χ0n) is 15.4. The fourth-order valence-corrected chi connectivity index (χ4v) is 3.22. The van der Waals surface area contributed by atoms with Crippen molar-refractivity contribution in [1.82, 2.24) is 5.32 Å². The smallest absolute Gasteiger partial charge is 0.306 e. The Hall–Kier alpha value is -1.92. The van der Waals surface area contributed by atoms with Gasteiger partial charge in [-0.15, -0.1) is 0 Å². The van der Waals surface area contributed by atoms with Crippen LogP contribution in [0.15, 0.2) is 24.3 Å². The summed E-state index contributed by atoms with van der Waals surface area (Å²) in [6.45, 7) is 4.80. The van der Waals surface area contributed by atoms with Gasteiger partial charge in [0, 0.05) is 19.1 Å². The zero-order chi connectivity index (χ0) is 18.8. The van der Waals surface area contributed by atoms with Crippen molar-refractivity contribution >= 4 is 11.9 Å². The first kappa shape index (κ1) is 20.4. The molecule has 6 nitrogen and oxygen atoms in total. The van der Waals surface area contributed by atoms with Crippen molar-refractivity contribution in [2.75, 3.05) is 19.8 Å². The maximum atomic E-state index is 12.3. The quantitative estimate of drug-likeness (QED) is 0.625. The van der Waals surface area contributed by atoms with E-state index in [1.807, 2.05) is 31.2 Å². The van der Waals surface area contributed by atoms with Gasteiger partial charge in [-0.1, -0.05) is 24.3 Å². The third-order valence-electron chi connectivity index (χ3n) is 4.75. The predicted octanol–water partition coefficient (Wildman–Crippen LogP) is 2.75. The van der Waals surface area contributed by atoms with Gasteiger partial charge in [-0.05, 0) is 43.7 Å². The number of carboxylic acids is 1. The van der Waals surface area contributed by atoms with E-state index in [4.69, 9.17) is 14.6 Å². The summed E-state index contributed by atoms with van der Waals surface area (Å²) in [7, 11) is 0. The summed E-state index contributed by atoms with van der Waals surface area (Å²) in [6, 6.07) is 7.97. The van der Waals surface area contributed by atoms with Gasteiger partial charge in [0.15, 0.2) is 0 Å². The van der Waals surface area contributed by atoms with Crippen molar-refractivity contribution in [2.45, 2.75) is 45.8 Å². The van der Waals surface area contributed by atoms with E-state index in [1.54, 1.807) is 0 Å². The molecule has 0 heterocycles. The average molecular weight is 363 g/mol. The van der Waals surface area contributed by atoms with Gasteiger partial charge in [-0.2, -0.15) is 0 Å². The lowest BCUT2D eigenvalue weighted by atomic mass is 9.81. The van der Waals surface area contributed by atoms with Crippen LogP contribution in [0.25, 0.3) is 0 Å². The Morgan fingerprint density at radius 3 is 2.42 bits per heavy atom. The molecule has 1 aromatic rings. The maximum Gasteiger partial charge on any atom is 0.306 e. The number of ether oxygens (including phenoxy) is 2. The van der Waals surface area contributed by atoms with Crippen LogP contribution in [0.3, 0.4) is 0 Å². The second-order valence-electron chi connectivity index (χ2n) is 6.67. The highest BCUT2D eigenvalue weighted by Gasteiger charge is 2.29. The summed E-state index contributed by atoms with van der Waals surface area (Å²) in [5, 5.41) is 12.0. The average Bonchev–Trinajstić information content (AvgIpc) is 2.66. The molecule has 1 saturated carbocycles. The Labute approximate surface area is 154 Å². The molecule has 2 N–H and O–H groups in total. The van der Waals surface area contributed by atoms with E-state index in [0.29, 0.717) is 58.7 Å². The second-order valence-corrected chi connectivity index (χ2v) is 6.67. The van der Waals surface area contributed by atoms with Gasteiger partial charge in [0.25, 0.3) is 0 Å². The number of carboxylic acid groups (broad SMARTS) is 1. The van der Waals surface area contributed by atoms with Crippen LogP contribution in [0.1, 0.15) is 43.7 Å². The zero-order valence-corrected chi connectivity index (χ0v) is 15.4. The van der Waals surface area contributed by atoms with Crippen molar-refractivity contribution in [1.29, 1.82) is 0 Å². The van der Waals surface area contributed by atoms with Crippen molar-refractivity contribution in [3.8, 4) is 0 Å². The number of hydrogen-bond acceptors (Lipinski definition) is 4. The molecule has 2 rings (SSSR count). The van der Waals surface area contributed by atoms with E-state index in [1.165, 1.54) is 0 Å². The molecule has 0 bridgehead atoms. The Morgan fingerprint density at radius 1 is 1.08 bits per heavy atom. The molecule has 0 aromatic heterocycles. The number of carbonyl (C=O) groups is 2. The first-order chi connectivity index (χ1) is 12.6. The lowest BCUT2D eigenvalue weighted by Crippen LogP contribution is -2.34. The lowest BCUT2D eigenvalue weighted by Gasteiger charge is -2.25. The molecule has 0 radical (unpaired) electrons. The van der Waals surface area contributed by atoms with Crippen LogP contribution in [0, 0.1) is 11.8 Å². The van der Waals surface area contributed by atoms with Crippen molar-refractivity contribution < 1.29 is 24.2 Å². The Kier molecular flexibility index (Phi) is 8.58. The number of nitrogens with one attached hydrogen (secondary N) is 1. The number of rotatable bonds is 10. The van der Waals surface area contributed by atoms with E-state index < -0.39 is 5.97 Å². The molecule has 1 amide bonds. The molecule has 1 aliphatic carbocycles. The molecule has 6 heteroatoms. The standard InChI is InChI=1S/C20H29NO5/c1-2-25-10-11-26-14-16-5-3-4-15(12-16)13-21-19(22)17-6-8-18(9-7-17)20(23)24/h3-5,12,17-18H,2,6-11,13-14H2,1H3,(H,21,22)(H,23,24). The summed E-state index contributed by atoms with van der Waals surface area (Å²) < 4.78 is 10.8. The first-order valence-electron chi connectivity index (χ1n) is 9.34. The van der Waals surface area contributed by atoms with E-state index >= 15 is 0 Å². The minimum Gasteiger partial charge on any atom is -0.481 e. The van der Waals surface area contributed by atoms with E-state index in [2.05, 4.69) is 5.32 Å². The second kappa shape index (κ2) is 10.9. The molecule has 0 atom stereocenters. The molecule has 1 aromatic carbocycles. The molecular weight excluding hydrogens is 334 g/mol. The van der Waals surface area contributed by atoms with Gasteiger partial charge in [-0.3, -0.25) is 9.59 Å². The number of carbonyl (C=O) groups excluding carboxylic acids is 1. The molecule has 0 spiro atoms.